The number of hydrogen-bond acceptors (Lipinski definition) is 17. The highest BCUT2D eigenvalue weighted by Gasteiger charge is 2.69. The summed E-state index contributed by atoms with van der Waals surface area (Å²) in [7, 11) is 0. The second-order valence-electron chi connectivity index (χ2n) is 18.0. The maximum Gasteiger partial charge on any atom is 0.309 e. The van der Waals surface area contributed by atoms with Crippen LogP contribution in [0.15, 0.2) is 12.2 Å². The molecule has 3 saturated heterocycles. The number of hydrogen-bond donors (Lipinski definition) is 11. The minimum atomic E-state index is -1.91. The molecule has 18 heteroatoms. The van der Waals surface area contributed by atoms with E-state index < -0.39 is 129 Å². The molecule has 18 nitrogen and oxygen atoms in total. The number of rotatable bonds is 10. The second kappa shape index (κ2) is 15.6. The largest absolute Gasteiger partial charge is 0.481 e. The number of aliphatic carboxylic acids is 1. The SMILES string of the molecule is C=C1C[C@@]23CC[C@H]4[C@@](C)(CCC[C@@]4(C)C(=O)O)[C@@H]2CC[C@]1(O[C@@H]1O[C@H](CO)[C@@H](O)C(O[C@@H]2O[C@H](CO)[C@@H](O)[C@H](O)[C@H]2O)[C@H]1OC1O[C@H](CO)[C@@H](O)[C@H](O)[C@H]1O)C3. The third-order valence-corrected chi connectivity index (χ3v) is 15.0. The summed E-state index contributed by atoms with van der Waals surface area (Å²) in [5.74, 6) is -0.606. The summed E-state index contributed by atoms with van der Waals surface area (Å²) in [5, 5.41) is 116. The average Bonchev–Trinajstić information content (AvgIpc) is 3.36. The third-order valence-electron chi connectivity index (χ3n) is 15.0. The summed E-state index contributed by atoms with van der Waals surface area (Å²) in [5.41, 5.74) is -1.63. The molecule has 0 amide bonds. The van der Waals surface area contributed by atoms with Crippen molar-refractivity contribution in [3.05, 3.63) is 12.2 Å². The Labute approximate surface area is 324 Å². The minimum absolute atomic E-state index is 0.00993. The second-order valence-corrected chi connectivity index (χ2v) is 18.0. The van der Waals surface area contributed by atoms with Crippen LogP contribution in [0.4, 0.5) is 0 Å². The van der Waals surface area contributed by atoms with E-state index in [0.29, 0.717) is 32.1 Å². The third kappa shape index (κ3) is 6.69. The Morgan fingerprint density at radius 3 is 1.75 bits per heavy atom. The molecular weight excluding hydrogens is 744 g/mol. The van der Waals surface area contributed by atoms with Gasteiger partial charge in [0.05, 0.1) is 30.8 Å². The van der Waals surface area contributed by atoms with Crippen molar-refractivity contribution in [1.29, 1.82) is 0 Å². The number of fused-ring (bicyclic) bond motifs is 3. The van der Waals surface area contributed by atoms with Crippen LogP contribution in [0.25, 0.3) is 0 Å². The maximum atomic E-state index is 12.7. The fourth-order valence-corrected chi connectivity index (χ4v) is 12.1. The predicted octanol–water partition coefficient (Wildman–Crippen LogP) is -2.37. The minimum Gasteiger partial charge on any atom is -0.481 e. The smallest absolute Gasteiger partial charge is 0.309 e. The molecule has 11 N–H and O–H groups in total. The topological polar surface area (TPSA) is 295 Å². The van der Waals surface area contributed by atoms with Gasteiger partial charge in [0.15, 0.2) is 18.9 Å². The van der Waals surface area contributed by atoms with Gasteiger partial charge in [-0.2, -0.15) is 0 Å². The van der Waals surface area contributed by atoms with Gasteiger partial charge >= 0.3 is 5.97 Å². The number of carboxylic acid groups (broad SMARTS) is 1. The van der Waals surface area contributed by atoms with Crippen LogP contribution in [0, 0.1) is 28.1 Å². The lowest BCUT2D eigenvalue weighted by molar-refractivity contribution is -0.400. The normalized spacial score (nSPS) is 54.6. The molecule has 7 rings (SSSR count). The van der Waals surface area contributed by atoms with Crippen molar-refractivity contribution >= 4 is 5.97 Å². The van der Waals surface area contributed by atoms with Crippen molar-refractivity contribution in [2.24, 2.45) is 28.1 Å². The number of aliphatic hydroxyl groups excluding tert-OH is 10. The quantitative estimate of drug-likeness (QED) is 0.0812. The van der Waals surface area contributed by atoms with E-state index in [1.807, 2.05) is 6.92 Å². The zero-order valence-electron chi connectivity index (χ0n) is 31.8. The van der Waals surface area contributed by atoms with Gasteiger partial charge in [-0.05, 0) is 86.5 Å². The summed E-state index contributed by atoms with van der Waals surface area (Å²) in [6, 6.07) is 0. The molecule has 7 aliphatic rings. The molecule has 7 fully saturated rings. The van der Waals surface area contributed by atoms with Crippen molar-refractivity contribution in [3.63, 3.8) is 0 Å². The van der Waals surface area contributed by atoms with Gasteiger partial charge in [0.2, 0.25) is 0 Å². The Morgan fingerprint density at radius 2 is 1.20 bits per heavy atom. The molecule has 1 spiro atoms. The first-order valence-electron chi connectivity index (χ1n) is 19.9. The highest BCUT2D eigenvalue weighted by atomic mass is 16.8. The van der Waals surface area contributed by atoms with Crippen LogP contribution in [0.1, 0.15) is 71.6 Å². The number of carboxylic acids is 1. The predicted molar refractivity (Wildman–Crippen MR) is 187 cm³/mol. The van der Waals surface area contributed by atoms with Gasteiger partial charge in [-0.3, -0.25) is 4.79 Å². The molecule has 4 aliphatic carbocycles. The first kappa shape index (κ1) is 42.7. The monoisotopic (exact) mass is 804 g/mol. The Kier molecular flexibility index (Phi) is 11.9. The van der Waals surface area contributed by atoms with Crippen molar-refractivity contribution in [2.75, 3.05) is 19.8 Å². The standard InChI is InChI=1S/C38H60O18/c1-16-11-37-9-5-20-35(2,7-4-8-36(20,3)34(49)50)21(37)6-10-38(16,15-37)56-33-30(55-32-28(48)26(46)23(43)18(13-40)52-32)29(24(44)19(14-41)53-33)54-31-27(47)25(45)22(42)17(12-39)51-31/h17-33,39-48H,1,4-15H2,2-3H3,(H,49,50)/t17-,18-,19-,20+,21+,22-,23-,24-,25+,26+,27-,28-,29?,30-,31+,32?,33+,35-,36-,37-,38+/m1/s1. The molecular formula is C38H60O18. The first-order chi connectivity index (χ1) is 26.4. The van der Waals surface area contributed by atoms with E-state index in [2.05, 4.69) is 13.5 Å². The van der Waals surface area contributed by atoms with E-state index in [9.17, 15) is 61.0 Å². The van der Waals surface area contributed by atoms with Crippen LogP contribution in [0.2, 0.25) is 0 Å². The lowest BCUT2D eigenvalue weighted by Crippen LogP contribution is -2.68. The summed E-state index contributed by atoms with van der Waals surface area (Å²) in [6.45, 7) is 6.28. The molecule has 320 valence electrons. The fraction of sp³-hybridized carbons (Fsp3) is 0.921. The summed E-state index contributed by atoms with van der Waals surface area (Å²) >= 11 is 0. The van der Waals surface area contributed by atoms with E-state index in [1.54, 1.807) is 0 Å². The van der Waals surface area contributed by atoms with E-state index in [4.69, 9.17) is 28.4 Å². The van der Waals surface area contributed by atoms with E-state index in [1.165, 1.54) is 0 Å². The van der Waals surface area contributed by atoms with Gasteiger partial charge in [-0.15, -0.1) is 0 Å². The van der Waals surface area contributed by atoms with E-state index in [-0.39, 0.29) is 22.7 Å². The van der Waals surface area contributed by atoms with Gasteiger partial charge in [0.25, 0.3) is 0 Å². The molecule has 0 radical (unpaired) electrons. The molecule has 0 aromatic carbocycles. The van der Waals surface area contributed by atoms with Crippen molar-refractivity contribution in [1.82, 2.24) is 0 Å². The maximum absolute atomic E-state index is 12.7. The fourth-order valence-electron chi connectivity index (χ4n) is 12.1. The van der Waals surface area contributed by atoms with Crippen LogP contribution in [-0.2, 0) is 33.2 Å². The Bertz CT molecular complexity index is 1450. The highest BCUT2D eigenvalue weighted by molar-refractivity contribution is 5.75. The van der Waals surface area contributed by atoms with Crippen molar-refractivity contribution in [3.8, 4) is 0 Å². The van der Waals surface area contributed by atoms with Gasteiger partial charge in [0, 0.05) is 0 Å². The molecule has 3 aliphatic heterocycles. The van der Waals surface area contributed by atoms with Gasteiger partial charge in [-0.1, -0.05) is 19.9 Å². The molecule has 56 heavy (non-hydrogen) atoms. The lowest BCUT2D eigenvalue weighted by atomic mass is 9.41. The average molecular weight is 805 g/mol. The van der Waals surface area contributed by atoms with Gasteiger partial charge < -0.3 is 84.6 Å². The zero-order chi connectivity index (χ0) is 40.7. The van der Waals surface area contributed by atoms with Crippen LogP contribution < -0.4 is 0 Å². The van der Waals surface area contributed by atoms with Crippen LogP contribution in [0.3, 0.4) is 0 Å². The zero-order valence-corrected chi connectivity index (χ0v) is 31.8. The first-order valence-corrected chi connectivity index (χ1v) is 19.9. The molecule has 0 aromatic heterocycles. The van der Waals surface area contributed by atoms with Gasteiger partial charge in [-0.25, -0.2) is 0 Å². The summed E-state index contributed by atoms with van der Waals surface area (Å²) in [4.78, 5) is 12.7. The van der Waals surface area contributed by atoms with Crippen LogP contribution in [0.5, 0.6) is 0 Å². The molecule has 0 aromatic rings. The molecule has 21 atom stereocenters. The van der Waals surface area contributed by atoms with Crippen LogP contribution in [-0.4, -0.2) is 180 Å². The van der Waals surface area contributed by atoms with Crippen molar-refractivity contribution in [2.45, 2.75) is 169 Å². The Morgan fingerprint density at radius 1 is 0.679 bits per heavy atom. The summed E-state index contributed by atoms with van der Waals surface area (Å²) in [6.07, 6.45) is -19.3. The number of carbonyl (C=O) groups is 1. The number of ether oxygens (including phenoxy) is 6. The lowest BCUT2D eigenvalue weighted by Gasteiger charge is -2.64. The molecule has 3 heterocycles. The molecule has 2 unspecified atom stereocenters. The molecule has 2 bridgehead atoms. The number of aliphatic hydroxyl groups is 10. The van der Waals surface area contributed by atoms with Crippen molar-refractivity contribution < 1.29 is 89.4 Å². The Balaban J connectivity index is 1.21. The van der Waals surface area contributed by atoms with Gasteiger partial charge in [0.1, 0.15) is 73.2 Å². The van der Waals surface area contributed by atoms with Crippen LogP contribution >= 0.6 is 0 Å². The summed E-state index contributed by atoms with van der Waals surface area (Å²) < 4.78 is 36.7. The van der Waals surface area contributed by atoms with E-state index >= 15 is 0 Å². The molecule has 4 saturated carbocycles. The van der Waals surface area contributed by atoms with E-state index in [0.717, 1.165) is 31.3 Å². The highest BCUT2D eigenvalue weighted by Crippen LogP contribution is 2.73. The Hall–Kier alpha value is -1.43.